The summed E-state index contributed by atoms with van der Waals surface area (Å²) in [5, 5.41) is 0.616. The standard InChI is InChI=1S/C16H13N3OS/c17-15(21)12-5-3-4-11(8-12)9-19-10-18-14-7-2-1-6-13(14)16(19)20/h1-8,10H,9H2,(H2,17,21). The molecule has 21 heavy (non-hydrogen) atoms. The number of hydrogen-bond donors (Lipinski definition) is 1. The van der Waals surface area contributed by atoms with E-state index in [1.807, 2.05) is 42.5 Å². The number of fused-ring (bicyclic) bond motifs is 1. The van der Waals surface area contributed by atoms with Gasteiger partial charge in [0.25, 0.3) is 5.56 Å². The predicted molar refractivity (Wildman–Crippen MR) is 87.4 cm³/mol. The summed E-state index contributed by atoms with van der Waals surface area (Å²) in [6.45, 7) is 0.438. The van der Waals surface area contributed by atoms with Crippen LogP contribution in [-0.2, 0) is 6.54 Å². The SMILES string of the molecule is NC(=S)c1cccc(Cn2cnc3ccccc3c2=O)c1. The fourth-order valence-corrected chi connectivity index (χ4v) is 2.37. The minimum Gasteiger partial charge on any atom is -0.389 e. The molecule has 1 aromatic heterocycles. The highest BCUT2D eigenvalue weighted by Gasteiger charge is 2.05. The van der Waals surface area contributed by atoms with Crippen molar-refractivity contribution in [2.75, 3.05) is 0 Å². The zero-order chi connectivity index (χ0) is 14.8. The molecule has 2 aromatic carbocycles. The van der Waals surface area contributed by atoms with Crippen molar-refractivity contribution in [1.29, 1.82) is 0 Å². The highest BCUT2D eigenvalue weighted by Crippen LogP contribution is 2.08. The Kier molecular flexibility index (Phi) is 3.50. The van der Waals surface area contributed by atoms with Gasteiger partial charge in [0.15, 0.2) is 0 Å². The molecular weight excluding hydrogens is 282 g/mol. The fraction of sp³-hybridized carbons (Fsp3) is 0.0625. The summed E-state index contributed by atoms with van der Waals surface area (Å²) >= 11 is 4.97. The van der Waals surface area contributed by atoms with Crippen molar-refractivity contribution in [3.05, 3.63) is 76.3 Å². The van der Waals surface area contributed by atoms with Gasteiger partial charge in [0.2, 0.25) is 0 Å². The third-order valence-electron chi connectivity index (χ3n) is 3.30. The molecule has 5 heteroatoms. The molecule has 0 saturated carbocycles. The molecular formula is C16H13N3OS. The van der Waals surface area contributed by atoms with E-state index in [1.165, 1.54) is 0 Å². The average molecular weight is 295 g/mol. The molecule has 0 amide bonds. The van der Waals surface area contributed by atoms with Crippen LogP contribution in [0.3, 0.4) is 0 Å². The highest BCUT2D eigenvalue weighted by atomic mass is 32.1. The summed E-state index contributed by atoms with van der Waals surface area (Å²) in [7, 11) is 0. The molecule has 2 N–H and O–H groups in total. The maximum atomic E-state index is 12.4. The lowest BCUT2D eigenvalue weighted by molar-refractivity contribution is 0.748. The summed E-state index contributed by atoms with van der Waals surface area (Å²) in [6.07, 6.45) is 1.57. The zero-order valence-corrected chi connectivity index (χ0v) is 12.0. The first-order valence-electron chi connectivity index (χ1n) is 6.48. The Morgan fingerprint density at radius 1 is 1.19 bits per heavy atom. The Bertz CT molecular complexity index is 886. The van der Waals surface area contributed by atoms with Gasteiger partial charge in [-0.3, -0.25) is 9.36 Å². The second-order valence-electron chi connectivity index (χ2n) is 4.76. The number of thiocarbonyl (C=S) groups is 1. The van der Waals surface area contributed by atoms with E-state index >= 15 is 0 Å². The third kappa shape index (κ3) is 2.68. The van der Waals surface area contributed by atoms with Gasteiger partial charge in [0, 0.05) is 5.56 Å². The van der Waals surface area contributed by atoms with Crippen LogP contribution in [0.5, 0.6) is 0 Å². The largest absolute Gasteiger partial charge is 0.389 e. The van der Waals surface area contributed by atoms with E-state index in [0.29, 0.717) is 22.4 Å². The van der Waals surface area contributed by atoms with E-state index in [-0.39, 0.29) is 5.56 Å². The Balaban J connectivity index is 2.02. The van der Waals surface area contributed by atoms with Crippen molar-refractivity contribution in [2.45, 2.75) is 6.54 Å². The molecule has 0 aliphatic rings. The van der Waals surface area contributed by atoms with Gasteiger partial charge in [-0.1, -0.05) is 42.5 Å². The van der Waals surface area contributed by atoms with E-state index in [2.05, 4.69) is 4.98 Å². The molecule has 0 bridgehead atoms. The van der Waals surface area contributed by atoms with Gasteiger partial charge in [-0.25, -0.2) is 4.98 Å². The maximum Gasteiger partial charge on any atom is 0.261 e. The summed E-state index contributed by atoms with van der Waals surface area (Å²) in [5.74, 6) is 0. The quantitative estimate of drug-likeness (QED) is 0.752. The Labute approximate surface area is 126 Å². The van der Waals surface area contributed by atoms with Crippen LogP contribution < -0.4 is 11.3 Å². The van der Waals surface area contributed by atoms with Crippen LogP contribution >= 0.6 is 12.2 Å². The second kappa shape index (κ2) is 5.46. The lowest BCUT2D eigenvalue weighted by Gasteiger charge is -2.08. The smallest absolute Gasteiger partial charge is 0.261 e. The van der Waals surface area contributed by atoms with Crippen molar-refractivity contribution >= 4 is 28.1 Å². The summed E-state index contributed by atoms with van der Waals surface area (Å²) in [5.41, 5.74) is 8.03. The van der Waals surface area contributed by atoms with Crippen LogP contribution in [0.15, 0.2) is 59.7 Å². The van der Waals surface area contributed by atoms with Crippen LogP contribution in [0.2, 0.25) is 0 Å². The molecule has 1 heterocycles. The maximum absolute atomic E-state index is 12.4. The van der Waals surface area contributed by atoms with Crippen molar-refractivity contribution < 1.29 is 0 Å². The molecule has 0 aliphatic heterocycles. The van der Waals surface area contributed by atoms with Crippen LogP contribution in [-0.4, -0.2) is 14.5 Å². The monoisotopic (exact) mass is 295 g/mol. The molecule has 0 radical (unpaired) electrons. The van der Waals surface area contributed by atoms with Gasteiger partial charge in [0.05, 0.1) is 23.8 Å². The first-order chi connectivity index (χ1) is 10.1. The zero-order valence-electron chi connectivity index (χ0n) is 11.2. The first-order valence-corrected chi connectivity index (χ1v) is 6.89. The van der Waals surface area contributed by atoms with E-state index in [9.17, 15) is 4.79 Å². The van der Waals surface area contributed by atoms with Gasteiger partial charge in [-0.2, -0.15) is 0 Å². The number of hydrogen-bond acceptors (Lipinski definition) is 3. The lowest BCUT2D eigenvalue weighted by Crippen LogP contribution is -2.21. The predicted octanol–water partition coefficient (Wildman–Crippen LogP) is 2.08. The molecule has 0 fully saturated rings. The molecule has 3 rings (SSSR count). The normalized spacial score (nSPS) is 10.7. The van der Waals surface area contributed by atoms with Gasteiger partial charge in [0.1, 0.15) is 4.99 Å². The summed E-state index contributed by atoms with van der Waals surface area (Å²) in [6, 6.07) is 14.9. The molecule has 0 atom stereocenters. The van der Waals surface area contributed by atoms with Crippen LogP contribution in [0, 0.1) is 0 Å². The van der Waals surface area contributed by atoms with E-state index in [4.69, 9.17) is 18.0 Å². The van der Waals surface area contributed by atoms with Crippen LogP contribution in [0.25, 0.3) is 10.9 Å². The van der Waals surface area contributed by atoms with Crippen LogP contribution in [0.4, 0.5) is 0 Å². The fourth-order valence-electron chi connectivity index (χ4n) is 2.24. The molecule has 104 valence electrons. The number of para-hydroxylation sites is 1. The number of nitrogens with two attached hydrogens (primary N) is 1. The average Bonchev–Trinajstić information content (AvgIpc) is 2.51. The summed E-state index contributed by atoms with van der Waals surface area (Å²) < 4.78 is 1.58. The van der Waals surface area contributed by atoms with Crippen molar-refractivity contribution in [1.82, 2.24) is 9.55 Å². The highest BCUT2D eigenvalue weighted by molar-refractivity contribution is 7.80. The van der Waals surface area contributed by atoms with Crippen LogP contribution in [0.1, 0.15) is 11.1 Å². The third-order valence-corrected chi connectivity index (χ3v) is 3.53. The number of nitrogens with zero attached hydrogens (tertiary/aromatic N) is 2. The minimum atomic E-state index is -0.0543. The topological polar surface area (TPSA) is 60.9 Å². The minimum absolute atomic E-state index is 0.0543. The van der Waals surface area contributed by atoms with E-state index in [1.54, 1.807) is 17.0 Å². The molecule has 0 aliphatic carbocycles. The van der Waals surface area contributed by atoms with Crippen molar-refractivity contribution in [3.8, 4) is 0 Å². The molecule has 0 unspecified atom stereocenters. The Hall–Kier alpha value is -2.53. The van der Waals surface area contributed by atoms with E-state index in [0.717, 1.165) is 11.1 Å². The van der Waals surface area contributed by atoms with Gasteiger partial charge in [-0.15, -0.1) is 0 Å². The molecule has 3 aromatic rings. The van der Waals surface area contributed by atoms with Crippen molar-refractivity contribution in [3.63, 3.8) is 0 Å². The Morgan fingerprint density at radius 2 is 2.00 bits per heavy atom. The number of aromatic nitrogens is 2. The first kappa shape index (κ1) is 13.5. The van der Waals surface area contributed by atoms with Gasteiger partial charge >= 0.3 is 0 Å². The number of benzene rings is 2. The molecule has 0 spiro atoms. The molecule has 4 nitrogen and oxygen atoms in total. The summed E-state index contributed by atoms with van der Waals surface area (Å²) in [4.78, 5) is 17.1. The van der Waals surface area contributed by atoms with Crippen molar-refractivity contribution in [2.24, 2.45) is 5.73 Å². The van der Waals surface area contributed by atoms with E-state index < -0.39 is 0 Å². The van der Waals surface area contributed by atoms with Gasteiger partial charge < -0.3 is 5.73 Å². The second-order valence-corrected chi connectivity index (χ2v) is 5.20. The lowest BCUT2D eigenvalue weighted by atomic mass is 10.1. The molecule has 0 saturated heterocycles. The van der Waals surface area contributed by atoms with Gasteiger partial charge in [-0.05, 0) is 23.8 Å². The Morgan fingerprint density at radius 3 is 2.81 bits per heavy atom. The number of rotatable bonds is 3.